The third-order valence-corrected chi connectivity index (χ3v) is 6.88. The second-order valence-corrected chi connectivity index (χ2v) is 22.9. The third-order valence-electron chi connectivity index (χ3n) is 3.87. The first-order valence-corrected chi connectivity index (χ1v) is 21.5. The molecule has 0 aliphatic carbocycles. The summed E-state index contributed by atoms with van der Waals surface area (Å²) in [6, 6.07) is -0.441. The quantitative estimate of drug-likeness (QED) is 0.124. The molecular weight excluding hydrogens is 607 g/mol. The van der Waals surface area contributed by atoms with Crippen molar-refractivity contribution in [2.24, 2.45) is 0 Å². The van der Waals surface area contributed by atoms with E-state index in [4.69, 9.17) is 52.4 Å². The van der Waals surface area contributed by atoms with Crippen LogP contribution in [0.1, 0.15) is 40.0 Å². The van der Waals surface area contributed by atoms with Crippen LogP contribution in [0, 0.1) is 13.8 Å². The second kappa shape index (κ2) is 23.4. The predicted octanol–water partition coefficient (Wildman–Crippen LogP) is 6.07. The molecule has 0 aromatic heterocycles. The molecule has 0 spiro atoms. The average molecular weight is 657 g/mol. The van der Waals surface area contributed by atoms with Crippen LogP contribution in [0.2, 0.25) is 39.3 Å². The van der Waals surface area contributed by atoms with Crippen LogP contribution in [0.4, 0.5) is 0 Å². The summed E-state index contributed by atoms with van der Waals surface area (Å²) < 4.78 is 34.5. The molecule has 0 amide bonds. The van der Waals surface area contributed by atoms with Crippen LogP contribution in [0.15, 0.2) is 0 Å². The molecule has 1 rings (SSSR count). The van der Waals surface area contributed by atoms with E-state index >= 15 is 0 Å². The number of ether oxygens (including phenoxy) is 4. The molecule has 1 radical (unpaired) electrons. The molecule has 221 valence electrons. The molecular formula is C23H50BNNiO6PS2Si2. The summed E-state index contributed by atoms with van der Waals surface area (Å²) in [6.45, 7) is 26.3. The van der Waals surface area contributed by atoms with Gasteiger partial charge >= 0.3 is 21.7 Å². The standard InChI is InChI=1S/C17H36BNO6PS2Si2.2C3H7.Ni/c1-9-12-13(25-26-20-2)14(24-17(28)22-11-30(6,7)8)15(23-12)18-19-16(27)21-10-29(3,4)5;2*1-3-2;/h12-15,26H,9-11H2,1-8H3,(H,19,27);2*1,3H2,2H3;/q;2*-1;+2/t12-,13+,14?,15-;;;/m1.../s1. The number of rotatable bonds is 11. The number of hydrogen-bond acceptors (Lipinski definition) is 8. The van der Waals surface area contributed by atoms with E-state index in [1.54, 1.807) is 14.5 Å². The van der Waals surface area contributed by atoms with Gasteiger partial charge in [-0.25, -0.2) is 0 Å². The van der Waals surface area contributed by atoms with Crippen molar-refractivity contribution in [3.63, 3.8) is 0 Å². The Morgan fingerprint density at radius 3 is 1.86 bits per heavy atom. The number of hydrogen-bond donors (Lipinski definition) is 1. The van der Waals surface area contributed by atoms with Crippen molar-refractivity contribution < 1.29 is 44.5 Å². The summed E-state index contributed by atoms with van der Waals surface area (Å²) >= 11 is 10.6. The smallest absolute Gasteiger partial charge is 0.476 e. The maximum Gasteiger partial charge on any atom is 2.00 e. The zero-order valence-corrected chi connectivity index (χ0v) is 30.0. The Hall–Kier alpha value is 0.682. The zero-order chi connectivity index (χ0) is 28.4. The van der Waals surface area contributed by atoms with Crippen molar-refractivity contribution in [1.29, 1.82) is 0 Å². The van der Waals surface area contributed by atoms with Gasteiger partial charge in [0.25, 0.3) is 7.41 Å². The Morgan fingerprint density at radius 1 is 0.946 bits per heavy atom. The summed E-state index contributed by atoms with van der Waals surface area (Å²) in [4.78, 5) is 0. The van der Waals surface area contributed by atoms with Crippen LogP contribution in [0.3, 0.4) is 0 Å². The van der Waals surface area contributed by atoms with Crippen molar-refractivity contribution in [2.45, 2.75) is 104 Å². The maximum atomic E-state index is 6.14. The molecule has 1 aliphatic heterocycles. The van der Waals surface area contributed by atoms with E-state index in [2.05, 4.69) is 58.4 Å². The molecule has 1 heterocycles. The van der Waals surface area contributed by atoms with Crippen LogP contribution in [-0.2, 0) is 44.5 Å². The first kappa shape index (κ1) is 42.2. The van der Waals surface area contributed by atoms with Crippen molar-refractivity contribution >= 4 is 67.4 Å². The van der Waals surface area contributed by atoms with Crippen LogP contribution in [0.25, 0.3) is 0 Å². The van der Waals surface area contributed by atoms with Gasteiger partial charge in [-0.05, 0) is 18.6 Å². The van der Waals surface area contributed by atoms with E-state index < -0.39 is 28.3 Å². The molecule has 1 N–H and O–H groups in total. The van der Waals surface area contributed by atoms with Crippen LogP contribution in [0.5, 0.6) is 0 Å². The molecule has 0 aromatic rings. The molecule has 14 heteroatoms. The summed E-state index contributed by atoms with van der Waals surface area (Å²) in [5, 5.41) is 3.44. The van der Waals surface area contributed by atoms with Gasteiger partial charge in [-0.3, -0.25) is 0 Å². The van der Waals surface area contributed by atoms with Gasteiger partial charge in [0.1, 0.15) is 6.10 Å². The van der Waals surface area contributed by atoms with Gasteiger partial charge in [0.15, 0.2) is 15.1 Å². The molecule has 1 saturated heterocycles. The van der Waals surface area contributed by atoms with Gasteiger partial charge in [0.2, 0.25) is 5.17 Å². The Kier molecular flexibility index (Phi) is 26.7. The molecule has 0 bridgehead atoms. The van der Waals surface area contributed by atoms with E-state index in [-0.39, 0.29) is 43.0 Å². The van der Waals surface area contributed by atoms with E-state index in [0.29, 0.717) is 17.6 Å². The third kappa shape index (κ3) is 23.1. The predicted molar refractivity (Wildman–Crippen MR) is 168 cm³/mol. The average Bonchev–Trinajstić information content (AvgIpc) is 3.09. The fraction of sp³-hybridized carbons (Fsp3) is 0.826. The molecule has 2 unspecified atom stereocenters. The molecule has 1 aliphatic rings. The van der Waals surface area contributed by atoms with Crippen molar-refractivity contribution in [3.05, 3.63) is 13.8 Å². The van der Waals surface area contributed by atoms with Crippen LogP contribution in [-0.4, -0.2) is 77.9 Å². The fourth-order valence-electron chi connectivity index (χ4n) is 2.49. The van der Waals surface area contributed by atoms with Crippen molar-refractivity contribution in [1.82, 2.24) is 5.23 Å². The molecule has 1 fully saturated rings. The van der Waals surface area contributed by atoms with Gasteiger partial charge in [-0.2, -0.15) is 12.8 Å². The van der Waals surface area contributed by atoms with Gasteiger partial charge in [-0.1, -0.05) is 60.1 Å². The first-order chi connectivity index (χ1) is 16.7. The molecule has 7 nitrogen and oxygen atoms in total. The van der Waals surface area contributed by atoms with Crippen molar-refractivity contribution in [2.75, 3.05) is 19.6 Å². The van der Waals surface area contributed by atoms with Gasteiger partial charge in [0.05, 0.1) is 40.7 Å². The van der Waals surface area contributed by atoms with Crippen molar-refractivity contribution in [3.8, 4) is 0 Å². The minimum Gasteiger partial charge on any atom is -0.476 e. The Bertz CT molecular complexity index is 605. The molecule has 5 atom stereocenters. The SMILES string of the molecule is CC[C@H]1O[C@@H]([B]NC(=S)OC[Si](C)(C)C)C(OC(=S)OC[Si](C)(C)C)[C@H]1OPOC.[CH2-]CC.[CH2-]CC.[Ni+2]. The van der Waals surface area contributed by atoms with Crippen LogP contribution >= 0.6 is 33.5 Å². The summed E-state index contributed by atoms with van der Waals surface area (Å²) in [5.41, 5.74) is 0. The Labute approximate surface area is 253 Å². The van der Waals surface area contributed by atoms with E-state index in [1.807, 2.05) is 20.8 Å². The fourth-order valence-corrected chi connectivity index (χ4v) is 4.63. The number of thiocarbonyl (C=S) groups is 2. The summed E-state index contributed by atoms with van der Waals surface area (Å²) in [7, 11) is 0.408. The van der Waals surface area contributed by atoms with Gasteiger partial charge in [-0.15, -0.1) is 0 Å². The topological polar surface area (TPSA) is 67.4 Å². The summed E-state index contributed by atoms with van der Waals surface area (Å²) in [6.07, 6.45) is 2.98. The molecule has 37 heavy (non-hydrogen) atoms. The number of nitrogens with one attached hydrogen (secondary N) is 1. The molecule has 0 saturated carbocycles. The van der Waals surface area contributed by atoms with Gasteiger partial charge in [0, 0.05) is 19.3 Å². The monoisotopic (exact) mass is 656 g/mol. The van der Waals surface area contributed by atoms with E-state index in [9.17, 15) is 0 Å². The normalized spacial score (nSPS) is 21.0. The maximum absolute atomic E-state index is 6.14. The van der Waals surface area contributed by atoms with E-state index in [1.165, 1.54) is 0 Å². The Balaban J connectivity index is -0.00000150. The van der Waals surface area contributed by atoms with Gasteiger partial charge < -0.3 is 47.1 Å². The first-order valence-electron chi connectivity index (χ1n) is 12.5. The molecule has 0 aromatic carbocycles. The summed E-state index contributed by atoms with van der Waals surface area (Å²) in [5.74, 6) is 0. The second-order valence-electron chi connectivity index (χ2n) is 10.5. The minimum atomic E-state index is -1.43. The largest absolute Gasteiger partial charge is 2.00 e. The minimum absolute atomic E-state index is 0. The Morgan fingerprint density at radius 2 is 1.43 bits per heavy atom. The van der Waals surface area contributed by atoms with E-state index in [0.717, 1.165) is 19.3 Å². The van der Waals surface area contributed by atoms with Crippen LogP contribution < -0.4 is 5.23 Å². The zero-order valence-electron chi connectivity index (χ0n) is 24.4.